The number of unbranched alkanes of at least 4 members (excludes halogenated alkanes) is 11. The number of allylic oxidation sites excluding steroid dienone is 1. The Balaban J connectivity index is 1.40. The summed E-state index contributed by atoms with van der Waals surface area (Å²) in [5, 5.41) is 39.3. The molecule has 2 heterocycles. The molecule has 3 N–H and O–H groups in total. The maximum absolute atomic E-state index is 14.7. The zero-order valence-corrected chi connectivity index (χ0v) is 42.3. The minimum atomic E-state index is -1.55. The Morgan fingerprint density at radius 2 is 1.61 bits per heavy atom. The van der Waals surface area contributed by atoms with Gasteiger partial charge in [-0.1, -0.05) is 102 Å². The number of aliphatic hydroxyl groups is 2. The molecular formula is C55H80N4O12. The molecule has 6 rings (SSSR count). The van der Waals surface area contributed by atoms with E-state index < -0.39 is 41.1 Å². The molecule has 16 heteroatoms. The average molecular weight is 989 g/mol. The highest BCUT2D eigenvalue weighted by Gasteiger charge is 2.65. The largest absolute Gasteiger partial charge is 0.459 e. The van der Waals surface area contributed by atoms with Crippen molar-refractivity contribution in [3.05, 3.63) is 82.4 Å². The Bertz CT molecular complexity index is 2060. The van der Waals surface area contributed by atoms with E-state index >= 15 is 0 Å². The Hall–Kier alpha value is -5.03. The molecule has 2 aliphatic heterocycles. The number of oxime groups is 1. The number of amides is 2. The van der Waals surface area contributed by atoms with Crippen molar-refractivity contribution in [3.63, 3.8) is 0 Å². The summed E-state index contributed by atoms with van der Waals surface area (Å²) >= 11 is 0. The van der Waals surface area contributed by atoms with Gasteiger partial charge in [0.25, 0.3) is 5.69 Å². The molecule has 392 valence electrons. The molecule has 7 atom stereocenters. The molecule has 2 aromatic rings. The number of nitro benzene ring substituents is 1. The number of ether oxygens (including phenoxy) is 5. The number of aliphatic hydroxyl groups excluding tert-OH is 2. The predicted molar refractivity (Wildman–Crippen MR) is 272 cm³/mol. The summed E-state index contributed by atoms with van der Waals surface area (Å²) in [5.41, 5.74) is 2.13. The lowest BCUT2D eigenvalue weighted by Crippen LogP contribution is -2.70. The summed E-state index contributed by atoms with van der Waals surface area (Å²) in [6, 6.07) is 9.92. The van der Waals surface area contributed by atoms with Crippen LogP contribution in [0.15, 0.2) is 71.9 Å². The SMILES string of the molecule is C=CCO[C@@]12Oc3ccc(OC(=O)NCCCCCCCCCCCC)cc3[C@H]3[C@H](CCCCO)[C@@H](CCCCO)C=C(C(=NOC4CCCCO4)C[C@@H]1N(CCC)C(=O)Oc1ccc([N+](=O)[O-])cc1)[C@H]32. The van der Waals surface area contributed by atoms with Crippen molar-refractivity contribution < 1.29 is 53.2 Å². The van der Waals surface area contributed by atoms with Gasteiger partial charge in [-0.3, -0.25) is 15.0 Å². The number of nitrogens with zero attached hydrogens (tertiary/aromatic N) is 3. The van der Waals surface area contributed by atoms with Crippen molar-refractivity contribution >= 4 is 23.6 Å². The molecule has 0 aromatic heterocycles. The standard InChI is InChI=1S/C55H80N4O12/c1-4-7-8-9-10-11-12-13-14-18-31-56-53(62)68-43-29-30-48-46(38-43)51-44(23-16-20-34-61)40(22-15-19-33-60)37-45-47(57-71-50-24-17-21-36-66-50)39-49(55(70-48,52(45)51)67-35-6-3)58(32-5-2)54(63)69-42-27-25-41(26-28-42)59(64)65/h6,25-30,37-38,40,44,49-52,60-61H,3-5,7-24,31-36,39H2,1-2H3,(H,56,62)/t40-,44+,49-,50?,51+,52+,55+/m0/s1. The van der Waals surface area contributed by atoms with E-state index in [2.05, 4.69) is 24.9 Å². The first-order valence-corrected chi connectivity index (χ1v) is 26.7. The van der Waals surface area contributed by atoms with Crippen molar-refractivity contribution in [2.45, 2.75) is 173 Å². The van der Waals surface area contributed by atoms with E-state index in [1.807, 2.05) is 19.1 Å². The lowest BCUT2D eigenvalue weighted by molar-refractivity contribution is -0.384. The fourth-order valence-corrected chi connectivity index (χ4v) is 11.0. The van der Waals surface area contributed by atoms with Gasteiger partial charge in [0.1, 0.15) is 23.3 Å². The van der Waals surface area contributed by atoms with E-state index in [9.17, 15) is 29.9 Å². The molecule has 71 heavy (non-hydrogen) atoms. The van der Waals surface area contributed by atoms with E-state index in [1.165, 1.54) is 69.2 Å². The number of nitro groups is 1. The molecule has 0 spiro atoms. The molecule has 1 saturated heterocycles. The summed E-state index contributed by atoms with van der Waals surface area (Å²) in [7, 11) is 0. The minimum absolute atomic E-state index is 0.0139. The zero-order valence-electron chi connectivity index (χ0n) is 42.3. The number of benzene rings is 2. The second kappa shape index (κ2) is 28.9. The molecule has 2 amide bonds. The van der Waals surface area contributed by atoms with Crippen LogP contribution in [-0.2, 0) is 14.3 Å². The molecule has 2 aliphatic carbocycles. The third kappa shape index (κ3) is 15.0. The maximum Gasteiger partial charge on any atom is 0.415 e. The van der Waals surface area contributed by atoms with Crippen LogP contribution >= 0.6 is 0 Å². The van der Waals surface area contributed by atoms with Crippen LogP contribution in [0.2, 0.25) is 0 Å². The number of nitrogens with one attached hydrogen (secondary N) is 1. The van der Waals surface area contributed by atoms with Gasteiger partial charge < -0.3 is 44.1 Å². The highest BCUT2D eigenvalue weighted by molar-refractivity contribution is 6.03. The van der Waals surface area contributed by atoms with Gasteiger partial charge in [0.15, 0.2) is 0 Å². The van der Waals surface area contributed by atoms with Crippen molar-refractivity contribution in [1.82, 2.24) is 10.2 Å². The monoisotopic (exact) mass is 989 g/mol. The predicted octanol–water partition coefficient (Wildman–Crippen LogP) is 11.7. The Labute approximate surface area is 420 Å². The zero-order chi connectivity index (χ0) is 50.4. The molecule has 2 aromatic carbocycles. The Morgan fingerprint density at radius 3 is 2.27 bits per heavy atom. The van der Waals surface area contributed by atoms with Crippen LogP contribution in [0, 0.1) is 27.9 Å². The lowest BCUT2D eigenvalue weighted by atomic mass is 9.55. The number of fused-ring (bicyclic) bond motifs is 2. The van der Waals surface area contributed by atoms with Gasteiger partial charge in [0, 0.05) is 62.8 Å². The molecule has 16 nitrogen and oxygen atoms in total. The third-order valence-corrected chi connectivity index (χ3v) is 14.4. The van der Waals surface area contributed by atoms with Gasteiger partial charge >= 0.3 is 12.2 Å². The van der Waals surface area contributed by atoms with Crippen LogP contribution in [0.5, 0.6) is 17.2 Å². The fraction of sp³-hybridized carbons (Fsp3) is 0.655. The van der Waals surface area contributed by atoms with Crippen molar-refractivity contribution in [1.29, 1.82) is 0 Å². The van der Waals surface area contributed by atoms with Crippen LogP contribution in [0.25, 0.3) is 0 Å². The van der Waals surface area contributed by atoms with Crippen molar-refractivity contribution in [2.75, 3.05) is 39.5 Å². The summed E-state index contributed by atoms with van der Waals surface area (Å²) in [4.78, 5) is 46.9. The number of carbonyl (C=O) groups excluding carboxylic acids is 2. The van der Waals surface area contributed by atoms with Crippen LogP contribution in [0.3, 0.4) is 0 Å². The summed E-state index contributed by atoms with van der Waals surface area (Å²) in [6.45, 7) is 9.66. The smallest absolute Gasteiger partial charge is 0.415 e. The second-order valence-electron chi connectivity index (χ2n) is 19.5. The second-order valence-corrected chi connectivity index (χ2v) is 19.5. The molecule has 0 bridgehead atoms. The number of non-ortho nitro benzene ring substituents is 1. The first-order chi connectivity index (χ1) is 34.7. The van der Waals surface area contributed by atoms with Crippen LogP contribution in [0.4, 0.5) is 15.3 Å². The number of rotatable bonds is 30. The van der Waals surface area contributed by atoms with E-state index in [4.69, 9.17) is 33.7 Å². The lowest BCUT2D eigenvalue weighted by Gasteiger charge is -2.59. The van der Waals surface area contributed by atoms with Crippen LogP contribution < -0.4 is 19.5 Å². The van der Waals surface area contributed by atoms with Gasteiger partial charge in [-0.15, -0.1) is 6.58 Å². The molecule has 2 fully saturated rings. The topological polar surface area (TPSA) is 201 Å². The van der Waals surface area contributed by atoms with Gasteiger partial charge in [-0.2, -0.15) is 0 Å². The first kappa shape index (κ1) is 55.3. The Morgan fingerprint density at radius 1 is 0.901 bits per heavy atom. The van der Waals surface area contributed by atoms with Gasteiger partial charge in [-0.05, 0) is 99.1 Å². The highest BCUT2D eigenvalue weighted by Crippen LogP contribution is 2.62. The number of hydrogen-bond acceptors (Lipinski definition) is 13. The average Bonchev–Trinajstić information content (AvgIpc) is 3.37. The highest BCUT2D eigenvalue weighted by atomic mass is 16.8. The minimum Gasteiger partial charge on any atom is -0.459 e. The quantitative estimate of drug-likeness (QED) is 0.0290. The first-order valence-electron chi connectivity index (χ1n) is 26.7. The van der Waals surface area contributed by atoms with Gasteiger partial charge in [0.05, 0.1) is 29.8 Å². The fourth-order valence-electron chi connectivity index (χ4n) is 11.0. The molecule has 4 aliphatic rings. The third-order valence-electron chi connectivity index (χ3n) is 14.4. The maximum atomic E-state index is 14.7. The summed E-state index contributed by atoms with van der Waals surface area (Å²) in [5.74, 6) is -1.59. The molecular weight excluding hydrogens is 909 g/mol. The van der Waals surface area contributed by atoms with E-state index in [-0.39, 0.29) is 62.0 Å². The van der Waals surface area contributed by atoms with Crippen LogP contribution in [0.1, 0.15) is 160 Å². The van der Waals surface area contributed by atoms with E-state index in [0.29, 0.717) is 56.0 Å². The molecule has 0 radical (unpaired) electrons. The molecule has 1 unspecified atom stereocenters. The van der Waals surface area contributed by atoms with Gasteiger partial charge in [-0.25, -0.2) is 9.59 Å². The van der Waals surface area contributed by atoms with Crippen molar-refractivity contribution in [2.24, 2.45) is 22.9 Å². The number of carbonyl (C=O) groups is 2. The summed E-state index contributed by atoms with van der Waals surface area (Å²) in [6.07, 6.45) is 21.5. The molecule has 1 saturated carbocycles. The normalized spacial score (nSPS) is 23.9. The van der Waals surface area contributed by atoms with E-state index in [1.54, 1.807) is 17.0 Å². The number of hydrogen-bond donors (Lipinski definition) is 3. The van der Waals surface area contributed by atoms with Crippen LogP contribution in [-0.4, -0.2) is 95.6 Å². The summed E-state index contributed by atoms with van der Waals surface area (Å²) < 4.78 is 32.4. The van der Waals surface area contributed by atoms with Gasteiger partial charge in [0.2, 0.25) is 12.1 Å². The Kier molecular flexibility index (Phi) is 22.5. The van der Waals surface area contributed by atoms with E-state index in [0.717, 1.165) is 68.9 Å². The van der Waals surface area contributed by atoms with Crippen molar-refractivity contribution in [3.8, 4) is 17.2 Å².